The molecule has 0 aliphatic carbocycles. The van der Waals surface area contributed by atoms with Crippen molar-refractivity contribution < 1.29 is 9.59 Å². The lowest BCUT2D eigenvalue weighted by Gasteiger charge is -2.15. The standard InChI is InChI=1S/C16H25N3O2/c1-4-6-7-13-8-10-14(11-9-13)18-12(3)15(20)19-16(21)17-5-2/h8-12,18H,4-7H2,1-3H3,(H2,17,19,20,21). The molecular formula is C16H25N3O2. The van der Waals surface area contributed by atoms with E-state index in [1.807, 2.05) is 12.1 Å². The number of hydrogen-bond acceptors (Lipinski definition) is 3. The van der Waals surface area contributed by atoms with Gasteiger partial charge < -0.3 is 10.6 Å². The minimum Gasteiger partial charge on any atom is -0.374 e. The van der Waals surface area contributed by atoms with E-state index in [9.17, 15) is 9.59 Å². The van der Waals surface area contributed by atoms with Crippen molar-refractivity contribution in [1.29, 1.82) is 0 Å². The molecule has 0 aliphatic rings. The molecule has 1 aromatic rings. The zero-order chi connectivity index (χ0) is 15.7. The second kappa shape index (κ2) is 9.00. The first-order chi connectivity index (χ1) is 10.1. The predicted octanol–water partition coefficient (Wildman–Crippen LogP) is 2.68. The SMILES string of the molecule is CCCCc1ccc(NC(C)C(=O)NC(=O)NCC)cc1. The Kier molecular flexibility index (Phi) is 7.29. The fraction of sp³-hybridized carbons (Fsp3) is 0.500. The average molecular weight is 291 g/mol. The Morgan fingerprint density at radius 2 is 1.81 bits per heavy atom. The maximum atomic E-state index is 11.8. The molecule has 3 amide bonds. The van der Waals surface area contributed by atoms with E-state index in [2.05, 4.69) is 35.0 Å². The molecule has 0 aromatic heterocycles. The third kappa shape index (κ3) is 6.29. The molecule has 0 spiro atoms. The van der Waals surface area contributed by atoms with Crippen LogP contribution in [-0.4, -0.2) is 24.5 Å². The van der Waals surface area contributed by atoms with Crippen LogP contribution in [0.5, 0.6) is 0 Å². The van der Waals surface area contributed by atoms with Crippen LogP contribution in [0.25, 0.3) is 0 Å². The van der Waals surface area contributed by atoms with Crippen LogP contribution in [0.4, 0.5) is 10.5 Å². The summed E-state index contributed by atoms with van der Waals surface area (Å²) in [5, 5.41) is 7.89. The molecule has 1 aromatic carbocycles. The predicted molar refractivity (Wildman–Crippen MR) is 85.4 cm³/mol. The van der Waals surface area contributed by atoms with Crippen LogP contribution in [0.3, 0.4) is 0 Å². The molecule has 0 aliphatic heterocycles. The number of rotatable bonds is 7. The van der Waals surface area contributed by atoms with Crippen LogP contribution in [0.1, 0.15) is 39.2 Å². The molecule has 0 bridgehead atoms. The molecule has 21 heavy (non-hydrogen) atoms. The molecule has 1 rings (SSSR count). The summed E-state index contributed by atoms with van der Waals surface area (Å²) in [4.78, 5) is 23.1. The highest BCUT2D eigenvalue weighted by atomic mass is 16.2. The van der Waals surface area contributed by atoms with E-state index in [4.69, 9.17) is 0 Å². The zero-order valence-electron chi connectivity index (χ0n) is 13.0. The molecule has 0 heterocycles. The minimum atomic E-state index is -0.478. The summed E-state index contributed by atoms with van der Waals surface area (Å²) in [7, 11) is 0. The summed E-state index contributed by atoms with van der Waals surface area (Å²) in [6.07, 6.45) is 3.43. The third-order valence-corrected chi connectivity index (χ3v) is 3.12. The third-order valence-electron chi connectivity index (χ3n) is 3.12. The first kappa shape index (κ1) is 17.0. The molecule has 1 unspecified atom stereocenters. The first-order valence-electron chi connectivity index (χ1n) is 7.51. The Bertz CT molecular complexity index is 457. The summed E-state index contributed by atoms with van der Waals surface area (Å²) in [6.45, 7) is 6.18. The molecule has 5 heteroatoms. The van der Waals surface area contributed by atoms with Gasteiger partial charge in [-0.15, -0.1) is 0 Å². The van der Waals surface area contributed by atoms with Gasteiger partial charge in [0.25, 0.3) is 0 Å². The van der Waals surface area contributed by atoms with Crippen molar-refractivity contribution in [3.05, 3.63) is 29.8 Å². The van der Waals surface area contributed by atoms with E-state index in [-0.39, 0.29) is 5.91 Å². The second-order valence-electron chi connectivity index (χ2n) is 5.02. The van der Waals surface area contributed by atoms with Gasteiger partial charge in [0.15, 0.2) is 0 Å². The van der Waals surface area contributed by atoms with E-state index in [1.165, 1.54) is 18.4 Å². The number of urea groups is 1. The monoisotopic (exact) mass is 291 g/mol. The number of carbonyl (C=O) groups is 2. The molecular weight excluding hydrogens is 266 g/mol. The van der Waals surface area contributed by atoms with E-state index in [1.54, 1.807) is 13.8 Å². The van der Waals surface area contributed by atoms with Crippen LogP contribution >= 0.6 is 0 Å². The fourth-order valence-electron chi connectivity index (χ4n) is 1.89. The summed E-state index contributed by atoms with van der Waals surface area (Å²) >= 11 is 0. The summed E-state index contributed by atoms with van der Waals surface area (Å²) in [6, 6.07) is 7.10. The highest BCUT2D eigenvalue weighted by Crippen LogP contribution is 2.12. The molecule has 1 atom stereocenters. The highest BCUT2D eigenvalue weighted by Gasteiger charge is 2.14. The van der Waals surface area contributed by atoms with Crippen molar-refractivity contribution in [1.82, 2.24) is 10.6 Å². The average Bonchev–Trinajstić information content (AvgIpc) is 2.46. The molecule has 0 saturated carbocycles. The maximum absolute atomic E-state index is 11.8. The van der Waals surface area contributed by atoms with Crippen molar-refractivity contribution in [2.75, 3.05) is 11.9 Å². The molecule has 0 saturated heterocycles. The van der Waals surface area contributed by atoms with Gasteiger partial charge in [-0.2, -0.15) is 0 Å². The van der Waals surface area contributed by atoms with Crippen LogP contribution in [0.2, 0.25) is 0 Å². The van der Waals surface area contributed by atoms with Crippen LogP contribution in [-0.2, 0) is 11.2 Å². The maximum Gasteiger partial charge on any atom is 0.321 e. The van der Waals surface area contributed by atoms with Crippen molar-refractivity contribution in [2.45, 2.75) is 46.1 Å². The summed E-state index contributed by atoms with van der Waals surface area (Å²) < 4.78 is 0. The molecule has 3 N–H and O–H groups in total. The van der Waals surface area contributed by atoms with Crippen molar-refractivity contribution in [3.63, 3.8) is 0 Å². The highest BCUT2D eigenvalue weighted by molar-refractivity contribution is 5.97. The molecule has 0 fully saturated rings. The Labute approximate surface area is 126 Å². The minimum absolute atomic E-state index is 0.351. The van der Waals surface area contributed by atoms with Gasteiger partial charge in [-0.3, -0.25) is 10.1 Å². The lowest BCUT2D eigenvalue weighted by Crippen LogP contribution is -2.45. The van der Waals surface area contributed by atoms with Gasteiger partial charge in [-0.1, -0.05) is 25.5 Å². The fourth-order valence-corrected chi connectivity index (χ4v) is 1.89. The van der Waals surface area contributed by atoms with Crippen molar-refractivity contribution >= 4 is 17.6 Å². The van der Waals surface area contributed by atoms with E-state index in [0.29, 0.717) is 6.54 Å². The van der Waals surface area contributed by atoms with Gasteiger partial charge in [0.05, 0.1) is 0 Å². The lowest BCUT2D eigenvalue weighted by atomic mass is 10.1. The van der Waals surface area contributed by atoms with Gasteiger partial charge in [0, 0.05) is 12.2 Å². The van der Waals surface area contributed by atoms with Crippen LogP contribution in [0.15, 0.2) is 24.3 Å². The molecule has 5 nitrogen and oxygen atoms in total. The van der Waals surface area contributed by atoms with Crippen LogP contribution < -0.4 is 16.0 Å². The van der Waals surface area contributed by atoms with Gasteiger partial charge in [-0.25, -0.2) is 4.79 Å². The lowest BCUT2D eigenvalue weighted by molar-refractivity contribution is -0.120. The number of carbonyl (C=O) groups excluding carboxylic acids is 2. The van der Waals surface area contributed by atoms with Gasteiger partial charge in [0.1, 0.15) is 6.04 Å². The number of benzene rings is 1. The number of amides is 3. The Morgan fingerprint density at radius 3 is 2.38 bits per heavy atom. The Hall–Kier alpha value is -2.04. The topological polar surface area (TPSA) is 70.2 Å². The summed E-state index contributed by atoms with van der Waals surface area (Å²) in [5.74, 6) is -0.351. The van der Waals surface area contributed by atoms with Crippen LogP contribution in [0, 0.1) is 0 Å². The second-order valence-corrected chi connectivity index (χ2v) is 5.02. The van der Waals surface area contributed by atoms with Gasteiger partial charge in [0.2, 0.25) is 5.91 Å². The van der Waals surface area contributed by atoms with Crippen molar-refractivity contribution in [3.8, 4) is 0 Å². The molecule has 116 valence electrons. The number of hydrogen-bond donors (Lipinski definition) is 3. The number of aryl methyl sites for hydroxylation is 1. The number of imide groups is 1. The van der Waals surface area contributed by atoms with Gasteiger partial charge in [-0.05, 0) is 44.4 Å². The number of anilines is 1. The van der Waals surface area contributed by atoms with E-state index >= 15 is 0 Å². The largest absolute Gasteiger partial charge is 0.374 e. The van der Waals surface area contributed by atoms with Crippen molar-refractivity contribution in [2.24, 2.45) is 0 Å². The summed E-state index contributed by atoms with van der Waals surface area (Å²) in [5.41, 5.74) is 2.16. The van der Waals surface area contributed by atoms with E-state index in [0.717, 1.165) is 12.1 Å². The number of unbranched alkanes of at least 4 members (excludes halogenated alkanes) is 1. The van der Waals surface area contributed by atoms with Gasteiger partial charge >= 0.3 is 6.03 Å². The first-order valence-corrected chi connectivity index (χ1v) is 7.51. The smallest absolute Gasteiger partial charge is 0.321 e. The zero-order valence-corrected chi connectivity index (χ0v) is 13.0. The Balaban J connectivity index is 2.48. The quantitative estimate of drug-likeness (QED) is 0.723. The molecule has 0 radical (unpaired) electrons. The Morgan fingerprint density at radius 1 is 1.14 bits per heavy atom. The number of nitrogens with one attached hydrogen (secondary N) is 3. The normalized spacial score (nSPS) is 11.6. The van der Waals surface area contributed by atoms with E-state index < -0.39 is 12.1 Å².